The smallest absolute Gasteiger partial charge is 0.218 e. The van der Waals surface area contributed by atoms with Gasteiger partial charge in [-0.25, -0.2) is 21.1 Å². The van der Waals surface area contributed by atoms with Crippen LogP contribution in [0.3, 0.4) is 0 Å². The van der Waals surface area contributed by atoms with Crippen molar-refractivity contribution < 1.29 is 21.9 Å². The van der Waals surface area contributed by atoms with Crippen LogP contribution >= 0.6 is 0 Å². The van der Waals surface area contributed by atoms with Crippen LogP contribution in [0.1, 0.15) is 19.3 Å². The average molecular weight is 309 g/mol. The Morgan fingerprint density at radius 1 is 1.11 bits per heavy atom. The van der Waals surface area contributed by atoms with Gasteiger partial charge < -0.3 is 5.11 Å². The van der Waals surface area contributed by atoms with Crippen LogP contribution in [0.5, 0.6) is 0 Å². The van der Waals surface area contributed by atoms with Crippen LogP contribution in [0.2, 0.25) is 0 Å². The quantitative estimate of drug-likeness (QED) is 0.721. The number of rotatable bonds is 2. The minimum atomic E-state index is -3.53. The van der Waals surface area contributed by atoms with E-state index >= 15 is 0 Å². The first-order valence-corrected chi connectivity index (χ1v) is 9.99. The Labute approximate surface area is 113 Å². The molecule has 110 valence electrons. The molecule has 0 spiro atoms. The van der Waals surface area contributed by atoms with Crippen LogP contribution in [-0.2, 0) is 19.9 Å². The lowest BCUT2D eigenvalue weighted by Crippen LogP contribution is -2.39. The largest absolute Gasteiger partial charge is 0.393 e. The van der Waals surface area contributed by atoms with Gasteiger partial charge in [0.25, 0.3) is 0 Å². The van der Waals surface area contributed by atoms with Crippen molar-refractivity contribution in [2.45, 2.75) is 30.6 Å². The fraction of sp³-hybridized carbons (Fsp3) is 1.00. The summed E-state index contributed by atoms with van der Waals surface area (Å²) in [6.07, 6.45) is 1.42. The predicted molar refractivity (Wildman–Crippen MR) is 69.8 cm³/mol. The maximum Gasteiger partial charge on any atom is 0.218 e. The summed E-state index contributed by atoms with van der Waals surface area (Å²) in [6.45, 7) is 0.797. The summed E-state index contributed by atoms with van der Waals surface area (Å²) < 4.78 is 49.1. The monoisotopic (exact) mass is 309 g/mol. The molecule has 19 heavy (non-hydrogen) atoms. The van der Waals surface area contributed by atoms with Crippen molar-refractivity contribution in [1.82, 2.24) is 4.31 Å². The molecular formula is C11H19NO5S2. The van der Waals surface area contributed by atoms with Crippen LogP contribution < -0.4 is 0 Å². The maximum absolute atomic E-state index is 12.4. The Morgan fingerprint density at radius 3 is 2.42 bits per heavy atom. The zero-order valence-corrected chi connectivity index (χ0v) is 12.2. The van der Waals surface area contributed by atoms with Crippen LogP contribution in [0.25, 0.3) is 0 Å². The van der Waals surface area contributed by atoms with Crippen molar-refractivity contribution >= 4 is 19.9 Å². The summed E-state index contributed by atoms with van der Waals surface area (Å²) in [5.74, 6) is -0.000194. The van der Waals surface area contributed by atoms with Gasteiger partial charge in [0, 0.05) is 19.0 Å². The first-order valence-electron chi connectivity index (χ1n) is 6.67. The molecule has 0 bridgehead atoms. The molecular weight excluding hydrogens is 290 g/mol. The van der Waals surface area contributed by atoms with Gasteiger partial charge in [0.05, 0.1) is 22.9 Å². The Balaban J connectivity index is 1.76. The number of nitrogens with zero attached hydrogens (tertiary/aromatic N) is 1. The summed E-state index contributed by atoms with van der Waals surface area (Å²) in [7, 11) is -6.72. The van der Waals surface area contributed by atoms with Gasteiger partial charge in [-0.1, -0.05) is 0 Å². The number of sulfone groups is 1. The van der Waals surface area contributed by atoms with E-state index in [1.807, 2.05) is 0 Å². The highest BCUT2D eigenvalue weighted by Crippen LogP contribution is 2.40. The third kappa shape index (κ3) is 2.32. The summed E-state index contributed by atoms with van der Waals surface area (Å²) in [6, 6.07) is 0. The zero-order valence-electron chi connectivity index (χ0n) is 10.6. The van der Waals surface area contributed by atoms with Crippen molar-refractivity contribution in [2.24, 2.45) is 11.8 Å². The lowest BCUT2D eigenvalue weighted by molar-refractivity contribution is 0.129. The van der Waals surface area contributed by atoms with Gasteiger partial charge in [-0.2, -0.15) is 0 Å². The third-order valence-corrected chi connectivity index (χ3v) is 9.00. The number of fused-ring (bicyclic) bond motifs is 1. The molecule has 0 amide bonds. The number of hydrogen-bond donors (Lipinski definition) is 1. The van der Waals surface area contributed by atoms with Gasteiger partial charge >= 0.3 is 0 Å². The lowest BCUT2D eigenvalue weighted by Gasteiger charge is -2.21. The highest BCUT2D eigenvalue weighted by Gasteiger charge is 2.48. The highest BCUT2D eigenvalue weighted by atomic mass is 32.2. The minimum Gasteiger partial charge on any atom is -0.393 e. The molecule has 3 fully saturated rings. The maximum atomic E-state index is 12.4. The van der Waals surface area contributed by atoms with Gasteiger partial charge in [0.2, 0.25) is 10.0 Å². The van der Waals surface area contributed by atoms with E-state index in [1.54, 1.807) is 0 Å². The molecule has 1 aliphatic carbocycles. The van der Waals surface area contributed by atoms with Crippen LogP contribution in [0.4, 0.5) is 0 Å². The molecule has 2 saturated heterocycles. The lowest BCUT2D eigenvalue weighted by atomic mass is 10.00. The van der Waals surface area contributed by atoms with Crippen molar-refractivity contribution in [2.75, 3.05) is 24.6 Å². The average Bonchev–Trinajstić information content (AvgIpc) is 2.95. The first kappa shape index (κ1) is 13.8. The van der Waals surface area contributed by atoms with Gasteiger partial charge in [-0.3, -0.25) is 0 Å². The molecule has 6 nitrogen and oxygen atoms in total. The first-order chi connectivity index (χ1) is 8.79. The summed E-state index contributed by atoms with van der Waals surface area (Å²) >= 11 is 0. The van der Waals surface area contributed by atoms with E-state index in [1.165, 1.54) is 4.31 Å². The van der Waals surface area contributed by atoms with Gasteiger partial charge in [-0.05, 0) is 25.2 Å². The summed E-state index contributed by atoms with van der Waals surface area (Å²) in [4.78, 5) is 0. The second-order valence-electron chi connectivity index (χ2n) is 5.96. The Bertz CT molecular complexity index is 570. The predicted octanol–water partition coefficient (Wildman–Crippen LogP) is -0.794. The van der Waals surface area contributed by atoms with Gasteiger partial charge in [0.1, 0.15) is 0 Å². The second kappa shape index (κ2) is 4.41. The Kier molecular flexibility index (Phi) is 3.20. The standard InChI is InChI=1S/C11H19NO5S2/c13-11-2-1-8-5-12(6-10(8)11)19(16,17)9-3-4-18(14,15)7-9/h8-11,13H,1-7H2. The third-order valence-electron chi connectivity index (χ3n) is 4.76. The molecule has 4 unspecified atom stereocenters. The highest BCUT2D eigenvalue weighted by molar-refractivity contribution is 7.95. The van der Waals surface area contributed by atoms with E-state index < -0.39 is 31.2 Å². The second-order valence-corrected chi connectivity index (χ2v) is 10.4. The van der Waals surface area contributed by atoms with Crippen LogP contribution in [0, 0.1) is 11.8 Å². The topological polar surface area (TPSA) is 91.8 Å². The fourth-order valence-corrected chi connectivity index (χ4v) is 8.23. The molecule has 3 rings (SSSR count). The number of hydrogen-bond acceptors (Lipinski definition) is 5. The zero-order chi connectivity index (χ0) is 13.8. The normalized spacial score (nSPS) is 42.6. The summed E-state index contributed by atoms with van der Waals surface area (Å²) in [5, 5.41) is 9.03. The SMILES string of the molecule is O=S1(=O)CCC(S(=O)(=O)N2CC3CCC(O)C3C2)C1. The molecule has 0 aromatic rings. The van der Waals surface area contributed by atoms with E-state index in [0.717, 1.165) is 12.8 Å². The number of aliphatic hydroxyl groups excluding tert-OH is 1. The van der Waals surface area contributed by atoms with Gasteiger partial charge in [0.15, 0.2) is 9.84 Å². The molecule has 2 heterocycles. The Hall–Kier alpha value is -0.180. The minimum absolute atomic E-state index is 0.0276. The van der Waals surface area contributed by atoms with Crippen molar-refractivity contribution in [1.29, 1.82) is 0 Å². The molecule has 1 saturated carbocycles. The van der Waals surface area contributed by atoms with Crippen LogP contribution in [-0.4, -0.2) is 62.2 Å². The molecule has 0 radical (unpaired) electrons. The van der Waals surface area contributed by atoms with E-state index in [4.69, 9.17) is 0 Å². The molecule has 0 aromatic heterocycles. The fourth-order valence-electron chi connectivity index (χ4n) is 3.61. The van der Waals surface area contributed by atoms with Crippen LogP contribution in [0.15, 0.2) is 0 Å². The molecule has 1 N–H and O–H groups in total. The van der Waals surface area contributed by atoms with E-state index in [9.17, 15) is 21.9 Å². The number of sulfonamides is 1. The molecule has 8 heteroatoms. The number of aliphatic hydroxyl groups is 1. The van der Waals surface area contributed by atoms with Gasteiger partial charge in [-0.15, -0.1) is 0 Å². The van der Waals surface area contributed by atoms with E-state index in [0.29, 0.717) is 13.1 Å². The van der Waals surface area contributed by atoms with Crippen molar-refractivity contribution in [3.05, 3.63) is 0 Å². The van der Waals surface area contributed by atoms with Crippen molar-refractivity contribution in [3.8, 4) is 0 Å². The van der Waals surface area contributed by atoms with E-state index in [2.05, 4.69) is 0 Å². The Morgan fingerprint density at radius 2 is 1.84 bits per heavy atom. The summed E-state index contributed by atoms with van der Waals surface area (Å²) in [5.41, 5.74) is 0. The molecule has 2 aliphatic heterocycles. The van der Waals surface area contributed by atoms with E-state index in [-0.39, 0.29) is 29.8 Å². The molecule has 0 aromatic carbocycles. The van der Waals surface area contributed by atoms with Crippen molar-refractivity contribution in [3.63, 3.8) is 0 Å². The molecule has 4 atom stereocenters. The molecule has 3 aliphatic rings.